The number of rotatable bonds is 7. The molecule has 1 aliphatic heterocycles. The van der Waals surface area contributed by atoms with E-state index in [1.807, 2.05) is 0 Å². The Labute approximate surface area is 147 Å². The summed E-state index contributed by atoms with van der Waals surface area (Å²) in [7, 11) is 0. The van der Waals surface area contributed by atoms with Gasteiger partial charge < -0.3 is 10.2 Å². The van der Waals surface area contributed by atoms with Crippen LogP contribution in [0.1, 0.15) is 69.9 Å². The SMILES string of the molecule is CCNCC1CCN(C(=O)CC(C)c2ccc(C(C)C)cc2)CC1. The van der Waals surface area contributed by atoms with Gasteiger partial charge in [-0.05, 0) is 54.8 Å². The fourth-order valence-electron chi connectivity index (χ4n) is 3.45. The third kappa shape index (κ3) is 5.34. The smallest absolute Gasteiger partial charge is 0.223 e. The standard InChI is InChI=1S/C21H34N2O/c1-5-22-15-18-10-12-23(13-11-18)21(24)14-17(4)20-8-6-19(7-9-20)16(2)3/h6-9,16-18,22H,5,10-15H2,1-4H3. The van der Waals surface area contributed by atoms with Crippen LogP contribution < -0.4 is 5.32 Å². The predicted octanol–water partition coefficient (Wildman–Crippen LogP) is 4.15. The summed E-state index contributed by atoms with van der Waals surface area (Å²) in [5, 5.41) is 3.42. The van der Waals surface area contributed by atoms with Gasteiger partial charge in [-0.1, -0.05) is 52.0 Å². The molecule has 1 amide bonds. The maximum atomic E-state index is 12.6. The van der Waals surface area contributed by atoms with E-state index in [1.54, 1.807) is 0 Å². The van der Waals surface area contributed by atoms with Crippen molar-refractivity contribution in [1.82, 2.24) is 10.2 Å². The van der Waals surface area contributed by atoms with Crippen LogP contribution in [0.15, 0.2) is 24.3 Å². The van der Waals surface area contributed by atoms with Gasteiger partial charge in [0.1, 0.15) is 0 Å². The lowest BCUT2D eigenvalue weighted by molar-refractivity contribution is -0.132. The number of benzene rings is 1. The summed E-state index contributed by atoms with van der Waals surface area (Å²) in [6.07, 6.45) is 2.89. The minimum atomic E-state index is 0.290. The van der Waals surface area contributed by atoms with Gasteiger partial charge in [0, 0.05) is 19.5 Å². The van der Waals surface area contributed by atoms with Gasteiger partial charge in [-0.15, -0.1) is 0 Å². The third-order valence-corrected chi connectivity index (χ3v) is 5.30. The minimum Gasteiger partial charge on any atom is -0.343 e. The number of carbonyl (C=O) groups excluding carboxylic acids is 1. The fourth-order valence-corrected chi connectivity index (χ4v) is 3.45. The van der Waals surface area contributed by atoms with Gasteiger partial charge in [0.25, 0.3) is 0 Å². The molecule has 3 heteroatoms. The van der Waals surface area contributed by atoms with E-state index in [0.717, 1.165) is 44.9 Å². The van der Waals surface area contributed by atoms with Crippen LogP contribution in [0, 0.1) is 5.92 Å². The Morgan fingerprint density at radius 3 is 2.25 bits per heavy atom. The molecule has 2 rings (SSSR count). The van der Waals surface area contributed by atoms with Crippen molar-refractivity contribution in [3.8, 4) is 0 Å². The Morgan fingerprint density at radius 1 is 1.12 bits per heavy atom. The van der Waals surface area contributed by atoms with Crippen LogP contribution in [0.3, 0.4) is 0 Å². The Hall–Kier alpha value is -1.35. The number of hydrogen-bond donors (Lipinski definition) is 1. The van der Waals surface area contributed by atoms with Gasteiger partial charge in [-0.2, -0.15) is 0 Å². The largest absolute Gasteiger partial charge is 0.343 e. The van der Waals surface area contributed by atoms with Gasteiger partial charge in [0.15, 0.2) is 0 Å². The van der Waals surface area contributed by atoms with Crippen molar-refractivity contribution in [2.45, 2.75) is 58.8 Å². The van der Waals surface area contributed by atoms with E-state index in [2.05, 4.69) is 62.2 Å². The molecule has 0 radical (unpaired) electrons. The average Bonchev–Trinajstić information content (AvgIpc) is 2.60. The van der Waals surface area contributed by atoms with Crippen LogP contribution >= 0.6 is 0 Å². The highest BCUT2D eigenvalue weighted by Gasteiger charge is 2.23. The van der Waals surface area contributed by atoms with Crippen LogP contribution in [-0.2, 0) is 4.79 Å². The number of nitrogens with one attached hydrogen (secondary N) is 1. The second kappa shape index (κ2) is 9.22. The van der Waals surface area contributed by atoms with E-state index in [9.17, 15) is 4.79 Å². The zero-order chi connectivity index (χ0) is 17.5. The second-order valence-corrected chi connectivity index (χ2v) is 7.56. The van der Waals surface area contributed by atoms with Crippen LogP contribution in [0.25, 0.3) is 0 Å². The molecule has 0 spiro atoms. The summed E-state index contributed by atoms with van der Waals surface area (Å²) in [5.74, 6) is 1.89. The first-order valence-corrected chi connectivity index (χ1v) is 9.59. The summed E-state index contributed by atoms with van der Waals surface area (Å²) >= 11 is 0. The number of nitrogens with zero attached hydrogens (tertiary/aromatic N) is 1. The summed E-state index contributed by atoms with van der Waals surface area (Å²) in [5.41, 5.74) is 2.63. The van der Waals surface area contributed by atoms with Crippen LogP contribution in [0.2, 0.25) is 0 Å². The van der Waals surface area contributed by atoms with Crippen molar-refractivity contribution in [1.29, 1.82) is 0 Å². The van der Waals surface area contributed by atoms with E-state index in [1.165, 1.54) is 11.1 Å². The molecule has 24 heavy (non-hydrogen) atoms. The Balaban J connectivity index is 1.81. The Morgan fingerprint density at radius 2 is 1.71 bits per heavy atom. The Kier molecular flexibility index (Phi) is 7.29. The van der Waals surface area contributed by atoms with Gasteiger partial charge in [-0.25, -0.2) is 0 Å². The number of piperidine rings is 1. The minimum absolute atomic E-state index is 0.290. The molecule has 0 saturated carbocycles. The number of hydrogen-bond acceptors (Lipinski definition) is 2. The van der Waals surface area contributed by atoms with Crippen molar-refractivity contribution >= 4 is 5.91 Å². The summed E-state index contributed by atoms with van der Waals surface area (Å²) < 4.78 is 0. The zero-order valence-electron chi connectivity index (χ0n) is 15.8. The first-order chi connectivity index (χ1) is 11.5. The molecule has 1 aromatic carbocycles. The highest BCUT2D eigenvalue weighted by molar-refractivity contribution is 5.77. The van der Waals surface area contributed by atoms with Gasteiger partial charge in [0.2, 0.25) is 5.91 Å². The number of likely N-dealkylation sites (tertiary alicyclic amines) is 1. The first-order valence-electron chi connectivity index (χ1n) is 9.59. The summed E-state index contributed by atoms with van der Waals surface area (Å²) in [6.45, 7) is 12.7. The van der Waals surface area contributed by atoms with Crippen LogP contribution in [0.4, 0.5) is 0 Å². The highest BCUT2D eigenvalue weighted by Crippen LogP contribution is 2.24. The molecule has 1 unspecified atom stereocenters. The molecular weight excluding hydrogens is 296 g/mol. The summed E-state index contributed by atoms with van der Waals surface area (Å²) in [6, 6.07) is 8.78. The van der Waals surface area contributed by atoms with E-state index in [0.29, 0.717) is 18.2 Å². The van der Waals surface area contributed by atoms with Gasteiger partial charge in [0.05, 0.1) is 0 Å². The molecular formula is C21H34N2O. The topological polar surface area (TPSA) is 32.3 Å². The molecule has 1 aromatic rings. The van der Waals surface area contributed by atoms with Crippen molar-refractivity contribution in [3.05, 3.63) is 35.4 Å². The van der Waals surface area contributed by atoms with Crippen molar-refractivity contribution in [3.63, 3.8) is 0 Å². The summed E-state index contributed by atoms with van der Waals surface area (Å²) in [4.78, 5) is 14.7. The average molecular weight is 331 g/mol. The Bertz CT molecular complexity index is 501. The molecule has 3 nitrogen and oxygen atoms in total. The fraction of sp³-hybridized carbons (Fsp3) is 0.667. The molecule has 1 saturated heterocycles. The third-order valence-electron chi connectivity index (χ3n) is 5.30. The molecule has 1 fully saturated rings. The van der Waals surface area contributed by atoms with Crippen molar-refractivity contribution < 1.29 is 4.79 Å². The lowest BCUT2D eigenvalue weighted by Crippen LogP contribution is -2.41. The lowest BCUT2D eigenvalue weighted by atomic mass is 9.92. The quantitative estimate of drug-likeness (QED) is 0.814. The van der Waals surface area contributed by atoms with E-state index in [4.69, 9.17) is 0 Å². The first kappa shape index (κ1) is 19.0. The van der Waals surface area contributed by atoms with Crippen molar-refractivity contribution in [2.75, 3.05) is 26.2 Å². The van der Waals surface area contributed by atoms with E-state index >= 15 is 0 Å². The van der Waals surface area contributed by atoms with Gasteiger partial charge in [-0.3, -0.25) is 4.79 Å². The normalized spacial score (nSPS) is 17.3. The maximum absolute atomic E-state index is 12.6. The van der Waals surface area contributed by atoms with E-state index in [-0.39, 0.29) is 5.92 Å². The zero-order valence-corrected chi connectivity index (χ0v) is 15.8. The van der Waals surface area contributed by atoms with Crippen LogP contribution in [-0.4, -0.2) is 37.0 Å². The molecule has 134 valence electrons. The molecule has 0 bridgehead atoms. The van der Waals surface area contributed by atoms with E-state index < -0.39 is 0 Å². The number of carbonyl (C=O) groups is 1. The van der Waals surface area contributed by atoms with Crippen LogP contribution in [0.5, 0.6) is 0 Å². The lowest BCUT2D eigenvalue weighted by Gasteiger charge is -2.32. The number of amides is 1. The molecule has 1 heterocycles. The molecule has 1 N–H and O–H groups in total. The monoisotopic (exact) mass is 330 g/mol. The highest BCUT2D eigenvalue weighted by atomic mass is 16.2. The molecule has 1 aliphatic rings. The van der Waals surface area contributed by atoms with Crippen molar-refractivity contribution in [2.24, 2.45) is 5.92 Å². The van der Waals surface area contributed by atoms with Gasteiger partial charge >= 0.3 is 0 Å². The molecule has 1 atom stereocenters. The molecule has 0 aromatic heterocycles. The molecule has 0 aliphatic carbocycles. The second-order valence-electron chi connectivity index (χ2n) is 7.56. The maximum Gasteiger partial charge on any atom is 0.223 e. The predicted molar refractivity (Wildman–Crippen MR) is 101 cm³/mol.